The van der Waals surface area contributed by atoms with E-state index < -0.39 is 5.51 Å². The van der Waals surface area contributed by atoms with Gasteiger partial charge in [-0.15, -0.1) is 0 Å². The Hall–Kier alpha value is -1.88. The van der Waals surface area contributed by atoms with Crippen molar-refractivity contribution in [3.05, 3.63) is 54.1 Å². The number of alkyl halides is 3. The van der Waals surface area contributed by atoms with Crippen LogP contribution in [0.25, 0.3) is 22.2 Å². The monoisotopic (exact) mass is 321 g/mol. The SMILES string of the molecule is Cc1ccc(-c2c(SC(F)(F)F)c3ccccc3n2C)cc1. The highest BCUT2D eigenvalue weighted by molar-refractivity contribution is 8.00. The van der Waals surface area contributed by atoms with Crippen LogP contribution in [0.4, 0.5) is 13.2 Å². The van der Waals surface area contributed by atoms with Crippen LogP contribution in [0.5, 0.6) is 0 Å². The summed E-state index contributed by atoms with van der Waals surface area (Å²) in [6, 6.07) is 14.7. The van der Waals surface area contributed by atoms with Gasteiger partial charge in [-0.1, -0.05) is 48.0 Å². The van der Waals surface area contributed by atoms with Crippen LogP contribution in [0, 0.1) is 6.92 Å². The van der Waals surface area contributed by atoms with Gasteiger partial charge in [0.25, 0.3) is 0 Å². The van der Waals surface area contributed by atoms with Gasteiger partial charge in [0.15, 0.2) is 0 Å². The first-order chi connectivity index (χ1) is 10.4. The largest absolute Gasteiger partial charge is 0.446 e. The first-order valence-electron chi connectivity index (χ1n) is 6.77. The number of benzene rings is 2. The number of rotatable bonds is 2. The summed E-state index contributed by atoms with van der Waals surface area (Å²) in [5, 5.41) is 0.628. The summed E-state index contributed by atoms with van der Waals surface area (Å²) in [7, 11) is 1.80. The Balaban J connectivity index is 2.29. The summed E-state index contributed by atoms with van der Waals surface area (Å²) in [5.41, 5.74) is -1.05. The minimum absolute atomic E-state index is 0.0441. The van der Waals surface area contributed by atoms with Crippen molar-refractivity contribution in [2.45, 2.75) is 17.3 Å². The van der Waals surface area contributed by atoms with Gasteiger partial charge in [-0.2, -0.15) is 13.2 Å². The van der Waals surface area contributed by atoms with Gasteiger partial charge < -0.3 is 4.57 Å². The standard InChI is InChI=1S/C17H14F3NS/c1-11-7-9-12(10-8-11)15-16(22-17(18,19)20)13-5-3-4-6-14(13)21(15)2/h3-10H,1-2H3. The van der Waals surface area contributed by atoms with Crippen molar-refractivity contribution < 1.29 is 13.2 Å². The molecule has 0 aliphatic heterocycles. The summed E-state index contributed by atoms with van der Waals surface area (Å²) in [6.07, 6.45) is 0. The van der Waals surface area contributed by atoms with Gasteiger partial charge in [0.05, 0.1) is 5.69 Å². The number of hydrogen-bond donors (Lipinski definition) is 0. The Morgan fingerprint density at radius 1 is 0.955 bits per heavy atom. The normalized spacial score (nSPS) is 12.0. The molecule has 0 N–H and O–H groups in total. The third-order valence-electron chi connectivity index (χ3n) is 3.60. The molecule has 0 fully saturated rings. The molecule has 3 aromatic rings. The van der Waals surface area contributed by atoms with Gasteiger partial charge in [-0.25, -0.2) is 0 Å². The highest BCUT2D eigenvalue weighted by Crippen LogP contribution is 2.46. The number of halogens is 3. The molecule has 0 bridgehead atoms. The van der Waals surface area contributed by atoms with E-state index in [2.05, 4.69) is 0 Å². The van der Waals surface area contributed by atoms with Gasteiger partial charge in [0.2, 0.25) is 0 Å². The lowest BCUT2D eigenvalue weighted by Gasteiger charge is -2.10. The van der Waals surface area contributed by atoms with Crippen molar-refractivity contribution in [1.29, 1.82) is 0 Å². The average Bonchev–Trinajstić information content (AvgIpc) is 2.72. The number of aryl methyl sites for hydroxylation is 2. The topological polar surface area (TPSA) is 4.93 Å². The number of aromatic nitrogens is 1. The van der Waals surface area contributed by atoms with Crippen molar-refractivity contribution in [2.75, 3.05) is 0 Å². The zero-order chi connectivity index (χ0) is 15.9. The Bertz CT molecular complexity index is 816. The number of nitrogens with zero attached hydrogens (tertiary/aromatic N) is 1. The first-order valence-corrected chi connectivity index (χ1v) is 7.58. The third-order valence-corrected chi connectivity index (χ3v) is 4.45. The molecule has 0 aliphatic carbocycles. The predicted octanol–water partition coefficient (Wildman–Crippen LogP) is 5.77. The fourth-order valence-corrected chi connectivity index (χ4v) is 3.48. The molecule has 5 heteroatoms. The van der Waals surface area contributed by atoms with Crippen molar-refractivity contribution in [2.24, 2.45) is 7.05 Å². The summed E-state index contributed by atoms with van der Waals surface area (Å²) in [5.74, 6) is 0. The fourth-order valence-electron chi connectivity index (χ4n) is 2.61. The molecular formula is C17H14F3NS. The van der Waals surface area contributed by atoms with Crippen LogP contribution in [0.3, 0.4) is 0 Å². The third kappa shape index (κ3) is 2.73. The second kappa shape index (κ2) is 5.39. The average molecular weight is 321 g/mol. The second-order valence-electron chi connectivity index (χ2n) is 5.17. The minimum atomic E-state index is -4.32. The molecule has 0 radical (unpaired) electrons. The number of fused-ring (bicyclic) bond motifs is 1. The van der Waals surface area contributed by atoms with Crippen molar-refractivity contribution >= 4 is 22.7 Å². The van der Waals surface area contributed by atoms with E-state index in [-0.39, 0.29) is 16.7 Å². The lowest BCUT2D eigenvalue weighted by atomic mass is 10.1. The van der Waals surface area contributed by atoms with Gasteiger partial charge in [-0.3, -0.25) is 0 Å². The first kappa shape index (κ1) is 15.0. The maximum Gasteiger partial charge on any atom is 0.446 e. The van der Waals surface area contributed by atoms with Crippen LogP contribution in [0.2, 0.25) is 0 Å². The van der Waals surface area contributed by atoms with E-state index in [1.54, 1.807) is 19.2 Å². The maximum atomic E-state index is 13.0. The summed E-state index contributed by atoms with van der Waals surface area (Å²) in [4.78, 5) is 0.259. The van der Waals surface area contributed by atoms with Crippen LogP contribution in [0.1, 0.15) is 5.56 Å². The van der Waals surface area contributed by atoms with Crippen LogP contribution >= 0.6 is 11.8 Å². The molecule has 2 aromatic carbocycles. The van der Waals surface area contributed by atoms with E-state index >= 15 is 0 Å². The number of hydrogen-bond acceptors (Lipinski definition) is 1. The minimum Gasteiger partial charge on any atom is -0.343 e. The molecule has 1 aromatic heterocycles. The number of thioether (sulfide) groups is 1. The predicted molar refractivity (Wildman–Crippen MR) is 85.0 cm³/mol. The van der Waals surface area contributed by atoms with Crippen LogP contribution < -0.4 is 0 Å². The quantitative estimate of drug-likeness (QED) is 0.543. The van der Waals surface area contributed by atoms with E-state index in [0.717, 1.165) is 16.6 Å². The molecule has 1 nitrogen and oxygen atoms in total. The Kier molecular flexibility index (Phi) is 3.68. The number of para-hydroxylation sites is 1. The Morgan fingerprint density at radius 2 is 1.59 bits per heavy atom. The Morgan fingerprint density at radius 3 is 2.23 bits per heavy atom. The Labute approximate surface area is 130 Å². The van der Waals surface area contributed by atoms with E-state index in [0.29, 0.717) is 11.1 Å². The van der Waals surface area contributed by atoms with Crippen LogP contribution in [0.15, 0.2) is 53.4 Å². The van der Waals surface area contributed by atoms with Crippen molar-refractivity contribution in [3.8, 4) is 11.3 Å². The molecule has 3 rings (SSSR count). The van der Waals surface area contributed by atoms with Gasteiger partial charge in [-0.05, 0) is 30.3 Å². The zero-order valence-corrected chi connectivity index (χ0v) is 12.9. The highest BCUT2D eigenvalue weighted by Gasteiger charge is 2.33. The van der Waals surface area contributed by atoms with Crippen molar-refractivity contribution in [1.82, 2.24) is 4.57 Å². The zero-order valence-electron chi connectivity index (χ0n) is 12.1. The van der Waals surface area contributed by atoms with Crippen LogP contribution in [-0.2, 0) is 7.05 Å². The molecule has 22 heavy (non-hydrogen) atoms. The lowest BCUT2D eigenvalue weighted by molar-refractivity contribution is -0.0327. The van der Waals surface area contributed by atoms with Gasteiger partial charge >= 0.3 is 5.51 Å². The summed E-state index contributed by atoms with van der Waals surface area (Å²) >= 11 is -0.0441. The van der Waals surface area contributed by atoms with E-state index in [4.69, 9.17) is 0 Å². The second-order valence-corrected chi connectivity index (χ2v) is 6.24. The molecule has 0 aliphatic rings. The van der Waals surface area contributed by atoms with Gasteiger partial charge in [0.1, 0.15) is 0 Å². The smallest absolute Gasteiger partial charge is 0.343 e. The van der Waals surface area contributed by atoms with E-state index in [9.17, 15) is 13.2 Å². The van der Waals surface area contributed by atoms with E-state index in [1.165, 1.54) is 0 Å². The molecule has 0 amide bonds. The fraction of sp³-hybridized carbons (Fsp3) is 0.176. The summed E-state index contributed by atoms with van der Waals surface area (Å²) in [6.45, 7) is 1.96. The molecule has 114 valence electrons. The molecule has 0 atom stereocenters. The molecule has 1 heterocycles. The highest BCUT2D eigenvalue weighted by atomic mass is 32.2. The molecule has 0 saturated carbocycles. The molecule has 0 spiro atoms. The van der Waals surface area contributed by atoms with E-state index in [1.807, 2.05) is 47.9 Å². The van der Waals surface area contributed by atoms with Crippen LogP contribution in [-0.4, -0.2) is 10.1 Å². The molecular weight excluding hydrogens is 307 g/mol. The summed E-state index contributed by atoms with van der Waals surface area (Å²) < 4.78 is 40.8. The molecule has 0 saturated heterocycles. The van der Waals surface area contributed by atoms with Gasteiger partial charge in [0, 0.05) is 22.8 Å². The van der Waals surface area contributed by atoms with Crippen molar-refractivity contribution in [3.63, 3.8) is 0 Å². The maximum absolute atomic E-state index is 13.0. The molecule has 0 unspecified atom stereocenters. The lowest BCUT2D eigenvalue weighted by Crippen LogP contribution is -2.00.